The Morgan fingerprint density at radius 3 is 2.39 bits per heavy atom. The molecule has 1 aliphatic carbocycles. The summed E-state index contributed by atoms with van der Waals surface area (Å²) in [7, 11) is 0. The number of carbonyl (C=O) groups is 4. The highest BCUT2D eigenvalue weighted by Crippen LogP contribution is 2.44. The molecule has 0 atom stereocenters. The van der Waals surface area contributed by atoms with Crippen molar-refractivity contribution in [1.29, 1.82) is 0 Å². The molecule has 208 valence electrons. The first kappa shape index (κ1) is 26.4. The number of ketones is 1. The third-order valence-electron chi connectivity index (χ3n) is 6.60. The summed E-state index contributed by atoms with van der Waals surface area (Å²) < 4.78 is 5.30. The molecule has 0 unspecified atom stereocenters. The van der Waals surface area contributed by atoms with Crippen molar-refractivity contribution in [3.8, 4) is 21.8 Å². The van der Waals surface area contributed by atoms with Gasteiger partial charge < -0.3 is 20.7 Å². The lowest BCUT2D eigenvalue weighted by atomic mass is 10.1. The Balaban J connectivity index is 1.18. The number of amides is 4. The smallest absolute Gasteiger partial charge is 0.333 e. The molecule has 5 N–H and O–H groups in total. The maximum Gasteiger partial charge on any atom is 0.333 e. The van der Waals surface area contributed by atoms with Crippen LogP contribution in [0.15, 0.2) is 54.6 Å². The van der Waals surface area contributed by atoms with Crippen molar-refractivity contribution in [3.63, 3.8) is 0 Å². The molecule has 0 saturated carbocycles. The van der Waals surface area contributed by atoms with Crippen LogP contribution in [0.5, 0.6) is 0 Å². The molecule has 0 radical (unpaired) electrons. The molecule has 13 heteroatoms. The molecule has 1 fully saturated rings. The van der Waals surface area contributed by atoms with Gasteiger partial charge in [-0.15, -0.1) is 11.3 Å². The highest BCUT2D eigenvalue weighted by molar-refractivity contribution is 7.17. The average molecular weight is 572 g/mol. The molecule has 4 aromatic rings. The molecule has 1 saturated heterocycles. The van der Waals surface area contributed by atoms with Gasteiger partial charge in [0.1, 0.15) is 5.69 Å². The SMILES string of the molecule is CC(=O)Nc1ccc(NC(=O)c2ccc(-c3n[nH]c4c3C(=O)c3c(NC(=O)NN5CCOCC5)cccc3-4)s2)cc1. The Morgan fingerprint density at radius 2 is 1.66 bits per heavy atom. The lowest BCUT2D eigenvalue weighted by molar-refractivity contribution is -0.114. The standard InChI is InChI=1S/C28H25N7O5S/c1-15(36)29-16-5-7-17(8-6-16)30-27(38)21-10-9-20(41-21)25-23-24(32-33-25)18-3-2-4-19(22(18)26(23)37)31-28(39)34-35-11-13-40-14-12-35/h2-10H,11-14H2,1H3,(H,29,36)(H,30,38)(H,32,33)(H2,31,34,39). The number of nitrogens with one attached hydrogen (secondary N) is 5. The number of rotatable bonds is 6. The van der Waals surface area contributed by atoms with Gasteiger partial charge in [-0.1, -0.05) is 12.1 Å². The van der Waals surface area contributed by atoms with Crippen molar-refractivity contribution in [2.45, 2.75) is 6.92 Å². The zero-order valence-electron chi connectivity index (χ0n) is 21.9. The largest absolute Gasteiger partial charge is 0.379 e. The second kappa shape index (κ2) is 11.0. The Labute approximate surface area is 238 Å². The summed E-state index contributed by atoms with van der Waals surface area (Å²) in [5, 5.41) is 17.4. The maximum atomic E-state index is 13.7. The zero-order chi connectivity index (χ0) is 28.5. The number of thiophene rings is 1. The number of hydrazine groups is 1. The zero-order valence-corrected chi connectivity index (χ0v) is 22.7. The number of fused-ring (bicyclic) bond motifs is 3. The van der Waals surface area contributed by atoms with Gasteiger partial charge >= 0.3 is 6.03 Å². The number of urea groups is 1. The summed E-state index contributed by atoms with van der Waals surface area (Å²) in [6.07, 6.45) is 0. The molecular weight excluding hydrogens is 546 g/mol. The van der Waals surface area contributed by atoms with Gasteiger partial charge in [0.25, 0.3) is 5.91 Å². The lowest BCUT2D eigenvalue weighted by Crippen LogP contribution is -2.49. The predicted octanol–water partition coefficient (Wildman–Crippen LogP) is 3.93. The van der Waals surface area contributed by atoms with Crippen LogP contribution < -0.4 is 21.4 Å². The third kappa shape index (κ3) is 5.33. The Kier molecular flexibility index (Phi) is 7.05. The summed E-state index contributed by atoms with van der Waals surface area (Å²) in [6.45, 7) is 3.63. The van der Waals surface area contributed by atoms with Crippen LogP contribution in [-0.2, 0) is 9.53 Å². The Hall–Kier alpha value is -4.85. The first-order chi connectivity index (χ1) is 19.9. The fourth-order valence-corrected chi connectivity index (χ4v) is 5.66. The van der Waals surface area contributed by atoms with E-state index in [2.05, 4.69) is 31.6 Å². The Morgan fingerprint density at radius 1 is 0.927 bits per heavy atom. The highest BCUT2D eigenvalue weighted by Gasteiger charge is 2.35. The van der Waals surface area contributed by atoms with Gasteiger partial charge in [-0.05, 0) is 42.5 Å². The molecule has 0 spiro atoms. The summed E-state index contributed by atoms with van der Waals surface area (Å²) in [6, 6.07) is 15.0. The van der Waals surface area contributed by atoms with Crippen LogP contribution in [0.4, 0.5) is 21.9 Å². The van der Waals surface area contributed by atoms with Crippen LogP contribution in [0.25, 0.3) is 21.8 Å². The van der Waals surface area contributed by atoms with Gasteiger partial charge in [0, 0.05) is 37.0 Å². The third-order valence-corrected chi connectivity index (χ3v) is 7.69. The first-order valence-electron chi connectivity index (χ1n) is 12.8. The average Bonchev–Trinajstić information content (AvgIpc) is 3.67. The second-order valence-electron chi connectivity index (χ2n) is 9.42. The van der Waals surface area contributed by atoms with Crippen LogP contribution in [0.2, 0.25) is 0 Å². The number of benzene rings is 2. The number of aromatic nitrogens is 2. The van der Waals surface area contributed by atoms with Gasteiger partial charge in [-0.2, -0.15) is 5.10 Å². The van der Waals surface area contributed by atoms with E-state index in [-0.39, 0.29) is 17.6 Å². The van der Waals surface area contributed by atoms with Gasteiger partial charge in [0.2, 0.25) is 5.91 Å². The minimum atomic E-state index is -0.444. The molecule has 41 heavy (non-hydrogen) atoms. The minimum absolute atomic E-state index is 0.180. The molecule has 2 aromatic heterocycles. The Bertz CT molecular complexity index is 1670. The van der Waals surface area contributed by atoms with Crippen LogP contribution in [0.3, 0.4) is 0 Å². The number of H-pyrrole nitrogens is 1. The van der Waals surface area contributed by atoms with Crippen LogP contribution in [0.1, 0.15) is 32.5 Å². The van der Waals surface area contributed by atoms with Crippen molar-refractivity contribution in [1.82, 2.24) is 20.6 Å². The van der Waals surface area contributed by atoms with E-state index in [0.717, 1.165) is 0 Å². The van der Waals surface area contributed by atoms with E-state index in [1.165, 1.54) is 18.3 Å². The molecule has 3 heterocycles. The molecule has 2 aliphatic rings. The molecule has 2 aromatic carbocycles. The van der Waals surface area contributed by atoms with Gasteiger partial charge in [-0.3, -0.25) is 24.9 Å². The van der Waals surface area contributed by atoms with Crippen molar-refractivity contribution in [2.24, 2.45) is 0 Å². The van der Waals surface area contributed by atoms with Gasteiger partial charge in [0.05, 0.1) is 45.5 Å². The monoisotopic (exact) mass is 571 g/mol. The summed E-state index contributed by atoms with van der Waals surface area (Å²) in [5.41, 5.74) is 6.80. The summed E-state index contributed by atoms with van der Waals surface area (Å²) in [4.78, 5) is 51.5. The van der Waals surface area contributed by atoms with E-state index in [9.17, 15) is 19.2 Å². The van der Waals surface area contributed by atoms with Gasteiger partial charge in [0.15, 0.2) is 5.78 Å². The number of ether oxygens (including phenoxy) is 1. The number of hydrogen-bond acceptors (Lipinski definition) is 8. The van der Waals surface area contributed by atoms with E-state index in [4.69, 9.17) is 4.74 Å². The number of hydrogen-bond donors (Lipinski definition) is 5. The van der Waals surface area contributed by atoms with E-state index in [1.54, 1.807) is 59.6 Å². The van der Waals surface area contributed by atoms with Gasteiger partial charge in [-0.25, -0.2) is 9.80 Å². The van der Waals surface area contributed by atoms with E-state index in [0.29, 0.717) is 81.2 Å². The second-order valence-corrected chi connectivity index (χ2v) is 10.5. The molecule has 0 bridgehead atoms. The summed E-state index contributed by atoms with van der Waals surface area (Å²) in [5.74, 6) is -0.756. The normalized spacial score (nSPS) is 14.2. The van der Waals surface area contributed by atoms with E-state index in [1.807, 2.05) is 0 Å². The quantitative estimate of drug-likeness (QED) is 0.207. The van der Waals surface area contributed by atoms with Crippen LogP contribution in [-0.4, -0.2) is 65.1 Å². The first-order valence-corrected chi connectivity index (χ1v) is 13.6. The van der Waals surface area contributed by atoms with Crippen molar-refractivity contribution < 1.29 is 23.9 Å². The van der Waals surface area contributed by atoms with Crippen molar-refractivity contribution in [3.05, 3.63) is 70.6 Å². The van der Waals surface area contributed by atoms with Crippen molar-refractivity contribution in [2.75, 3.05) is 42.3 Å². The number of carbonyl (C=O) groups excluding carboxylic acids is 4. The molecule has 12 nitrogen and oxygen atoms in total. The number of morpholine rings is 1. The fourth-order valence-electron chi connectivity index (χ4n) is 4.76. The number of anilines is 3. The van der Waals surface area contributed by atoms with E-state index < -0.39 is 6.03 Å². The molecule has 1 aliphatic heterocycles. The minimum Gasteiger partial charge on any atom is -0.379 e. The van der Waals surface area contributed by atoms with E-state index >= 15 is 0 Å². The maximum absolute atomic E-state index is 13.7. The number of aromatic amines is 1. The molecule has 4 amide bonds. The summed E-state index contributed by atoms with van der Waals surface area (Å²) >= 11 is 1.21. The predicted molar refractivity (Wildman–Crippen MR) is 154 cm³/mol. The lowest BCUT2D eigenvalue weighted by Gasteiger charge is -2.27. The van der Waals surface area contributed by atoms with Crippen molar-refractivity contribution >= 4 is 52.0 Å². The molecule has 6 rings (SSSR count). The topological polar surface area (TPSA) is 158 Å². The fraction of sp³-hybridized carbons (Fsp3) is 0.179. The van der Waals surface area contributed by atoms with Crippen LogP contribution >= 0.6 is 11.3 Å². The molecular formula is C28H25N7O5S. The highest BCUT2D eigenvalue weighted by atomic mass is 32.1. The van der Waals surface area contributed by atoms with Crippen LogP contribution in [0, 0.1) is 0 Å². The number of nitrogens with zero attached hydrogens (tertiary/aromatic N) is 2.